The van der Waals surface area contributed by atoms with E-state index in [0.29, 0.717) is 0 Å². The van der Waals surface area contributed by atoms with Crippen molar-refractivity contribution in [1.82, 2.24) is 0 Å². The minimum atomic E-state index is -1.83. The molecule has 0 saturated heterocycles. The van der Waals surface area contributed by atoms with Crippen molar-refractivity contribution in [1.29, 1.82) is 0 Å². The third-order valence-electron chi connectivity index (χ3n) is 0. The van der Waals surface area contributed by atoms with Gasteiger partial charge in [-0.25, -0.2) is 4.79 Å². The van der Waals surface area contributed by atoms with Crippen molar-refractivity contribution in [2.75, 3.05) is 0 Å². The normalized spacial score (nSPS) is 4.29. The van der Waals surface area contributed by atoms with E-state index in [1.165, 1.54) is 0 Å². The number of rotatable bonds is 0. The molecule has 0 aromatic heterocycles. The number of halogens is 1. The van der Waals surface area contributed by atoms with Crippen LogP contribution in [0.1, 0.15) is 0 Å². The standard InChI is InChI=1S/CH2Cl.CH2O3.Cs/c1-2;2-1(3)4;/h1H2;(H2,2,3,4);/q-1;;+1. The first-order valence-electron chi connectivity index (χ1n) is 0.919. The zero-order valence-electron chi connectivity index (χ0n) is 3.89. The summed E-state index contributed by atoms with van der Waals surface area (Å²) in [6.45, 7) is 0. The third-order valence-corrected chi connectivity index (χ3v) is 0. The van der Waals surface area contributed by atoms with Crippen molar-refractivity contribution >= 4 is 17.8 Å². The van der Waals surface area contributed by atoms with Crippen molar-refractivity contribution in [3.8, 4) is 0 Å². The molecule has 2 N–H and O–H groups in total. The first kappa shape index (κ1) is 15.8. The Morgan fingerprint density at radius 2 is 1.43 bits per heavy atom. The summed E-state index contributed by atoms with van der Waals surface area (Å²) in [5.74, 6) is 0. The molecular weight excluding hydrogens is 240 g/mol. The van der Waals surface area contributed by atoms with Gasteiger partial charge in [0.15, 0.2) is 0 Å². The van der Waals surface area contributed by atoms with Crippen molar-refractivity contribution in [2.24, 2.45) is 0 Å². The van der Waals surface area contributed by atoms with Gasteiger partial charge in [0.1, 0.15) is 0 Å². The minimum absolute atomic E-state index is 0. The van der Waals surface area contributed by atoms with Crippen LogP contribution in [0.4, 0.5) is 4.79 Å². The summed E-state index contributed by atoms with van der Waals surface area (Å²) in [6, 6.07) is 0. The molecule has 3 nitrogen and oxygen atoms in total. The molecule has 0 fully saturated rings. The Morgan fingerprint density at radius 3 is 1.43 bits per heavy atom. The molecular formula is C2H4ClCsO3. The quantitative estimate of drug-likeness (QED) is 0.497. The molecule has 7 heavy (non-hydrogen) atoms. The second-order valence-corrected chi connectivity index (χ2v) is 0.283. The Labute approximate surface area is 105 Å². The zero-order valence-corrected chi connectivity index (χ0v) is 10.9. The second kappa shape index (κ2) is 15.6. The van der Waals surface area contributed by atoms with Crippen molar-refractivity contribution in [2.45, 2.75) is 0 Å². The van der Waals surface area contributed by atoms with E-state index in [4.69, 9.17) is 15.0 Å². The average molecular weight is 244 g/mol. The summed E-state index contributed by atoms with van der Waals surface area (Å²) in [6.07, 6.45) is 0.889. The molecule has 0 aliphatic carbocycles. The van der Waals surface area contributed by atoms with Crippen LogP contribution in [0.15, 0.2) is 0 Å². The van der Waals surface area contributed by atoms with Crippen LogP contribution in [0.3, 0.4) is 0 Å². The third kappa shape index (κ3) is 92.3. The molecule has 0 radical (unpaired) electrons. The maximum Gasteiger partial charge on any atom is 1.00 e. The molecule has 0 aliphatic rings. The van der Waals surface area contributed by atoms with Crippen LogP contribution in [-0.4, -0.2) is 16.4 Å². The predicted molar refractivity (Wildman–Crippen MR) is 21.9 cm³/mol. The Hall–Kier alpha value is 1.61. The molecule has 0 aromatic carbocycles. The van der Waals surface area contributed by atoms with Crippen molar-refractivity contribution < 1.29 is 83.9 Å². The van der Waals surface area contributed by atoms with E-state index in [1.807, 2.05) is 0 Å². The van der Waals surface area contributed by atoms with Gasteiger partial charge in [-0.05, 0) is 0 Å². The predicted octanol–water partition coefficient (Wildman–Crippen LogP) is -1.76. The topological polar surface area (TPSA) is 57.5 Å². The van der Waals surface area contributed by atoms with E-state index < -0.39 is 6.16 Å². The van der Waals surface area contributed by atoms with Crippen LogP contribution < -0.4 is 68.9 Å². The summed E-state index contributed by atoms with van der Waals surface area (Å²) in [4.78, 5) is 8.56. The Morgan fingerprint density at radius 1 is 1.43 bits per heavy atom. The molecule has 0 bridgehead atoms. The molecule has 0 aromatic rings. The SMILES string of the molecule is O=C(O)O.[CH2-]Cl.[Cs+]. The number of hydrogen-bond acceptors (Lipinski definition) is 1. The van der Waals surface area contributed by atoms with E-state index in [0.717, 1.165) is 0 Å². The van der Waals surface area contributed by atoms with Crippen LogP contribution in [0.2, 0.25) is 0 Å². The molecule has 0 unspecified atom stereocenters. The number of carbonyl (C=O) groups is 1. The first-order valence-corrected chi connectivity index (χ1v) is 1.45. The van der Waals surface area contributed by atoms with E-state index in [2.05, 4.69) is 18.0 Å². The molecule has 0 amide bonds. The molecule has 0 atom stereocenters. The first-order chi connectivity index (χ1) is 2.73. The summed E-state index contributed by atoms with van der Waals surface area (Å²) in [7, 11) is 0. The molecule has 0 heterocycles. The Balaban J connectivity index is -0.0000000480. The Kier molecular flexibility index (Phi) is 35.4. The van der Waals surface area contributed by atoms with Crippen LogP contribution in [0.25, 0.3) is 0 Å². The summed E-state index contributed by atoms with van der Waals surface area (Å²) in [5, 5.41) is 13.9. The summed E-state index contributed by atoms with van der Waals surface area (Å²) >= 11 is 4.39. The molecule has 0 saturated carbocycles. The van der Waals surface area contributed by atoms with Gasteiger partial charge in [-0.1, -0.05) is 0 Å². The number of hydrogen-bond donors (Lipinski definition) is 2. The largest absolute Gasteiger partial charge is 1.00 e. The van der Waals surface area contributed by atoms with Gasteiger partial charge >= 0.3 is 75.0 Å². The van der Waals surface area contributed by atoms with E-state index in [1.54, 1.807) is 0 Å². The van der Waals surface area contributed by atoms with Crippen LogP contribution in [-0.2, 0) is 0 Å². The minimum Gasteiger partial charge on any atom is -0.450 e. The van der Waals surface area contributed by atoms with Gasteiger partial charge < -0.3 is 21.8 Å². The van der Waals surface area contributed by atoms with Crippen molar-refractivity contribution in [3.05, 3.63) is 6.38 Å². The van der Waals surface area contributed by atoms with Crippen LogP contribution in [0.5, 0.6) is 0 Å². The van der Waals surface area contributed by atoms with Gasteiger partial charge in [0.2, 0.25) is 0 Å². The van der Waals surface area contributed by atoms with Gasteiger partial charge in [0.25, 0.3) is 0 Å². The average Bonchev–Trinajstić information content (AvgIpc) is 1.41. The van der Waals surface area contributed by atoms with Crippen LogP contribution in [0, 0.1) is 6.38 Å². The van der Waals surface area contributed by atoms with Crippen molar-refractivity contribution in [3.63, 3.8) is 0 Å². The van der Waals surface area contributed by atoms with Crippen LogP contribution >= 0.6 is 11.6 Å². The van der Waals surface area contributed by atoms with E-state index >= 15 is 0 Å². The maximum absolute atomic E-state index is 8.56. The molecule has 5 heteroatoms. The number of carboxylic acid groups (broad SMARTS) is 2. The molecule has 0 aliphatic heterocycles. The maximum atomic E-state index is 8.56. The van der Waals surface area contributed by atoms with Gasteiger partial charge in [-0.3, -0.25) is 6.38 Å². The second-order valence-electron chi connectivity index (χ2n) is 0.283. The van der Waals surface area contributed by atoms with Gasteiger partial charge in [-0.15, -0.1) is 0 Å². The fourth-order valence-corrected chi connectivity index (χ4v) is 0. The summed E-state index contributed by atoms with van der Waals surface area (Å²) < 4.78 is 0. The fraction of sp³-hybridized carbons (Fsp3) is 0. The van der Waals surface area contributed by atoms with E-state index in [-0.39, 0.29) is 68.9 Å². The van der Waals surface area contributed by atoms with Gasteiger partial charge in [0, 0.05) is 0 Å². The smallest absolute Gasteiger partial charge is 0.450 e. The monoisotopic (exact) mass is 244 g/mol. The molecule has 0 rings (SSSR count). The van der Waals surface area contributed by atoms with Gasteiger partial charge in [-0.2, -0.15) is 0 Å². The summed E-state index contributed by atoms with van der Waals surface area (Å²) in [5.41, 5.74) is 0. The Bertz CT molecular complexity index is 35.9. The molecule has 0 spiro atoms. The fourth-order valence-electron chi connectivity index (χ4n) is 0. The molecule has 38 valence electrons. The van der Waals surface area contributed by atoms with Gasteiger partial charge in [0.05, 0.1) is 0 Å². The van der Waals surface area contributed by atoms with E-state index in [9.17, 15) is 0 Å². The zero-order chi connectivity index (χ0) is 5.58.